The van der Waals surface area contributed by atoms with Crippen molar-refractivity contribution in [3.8, 4) is 5.75 Å². The normalized spacial score (nSPS) is 14.8. The zero-order valence-electron chi connectivity index (χ0n) is 13.0. The molecule has 1 aromatic heterocycles. The number of ether oxygens (including phenoxy) is 1. The molecule has 1 aromatic carbocycles. The number of rotatable bonds is 4. The van der Waals surface area contributed by atoms with E-state index in [-0.39, 0.29) is 11.6 Å². The minimum absolute atomic E-state index is 0.152. The highest BCUT2D eigenvalue weighted by Crippen LogP contribution is 2.28. The number of imidazole rings is 1. The van der Waals surface area contributed by atoms with Crippen molar-refractivity contribution < 1.29 is 9.53 Å². The average molecular weight is 316 g/mol. The predicted molar refractivity (Wildman–Crippen MR) is 87.1 cm³/mol. The number of hydrogen-bond acceptors (Lipinski definition) is 4. The Balaban J connectivity index is 1.67. The molecule has 2 aromatic rings. The average Bonchev–Trinajstić information content (AvgIpc) is 3.02. The summed E-state index contributed by atoms with van der Waals surface area (Å²) in [5.74, 6) is 0.714. The largest absolute Gasteiger partial charge is 0.492 e. The van der Waals surface area contributed by atoms with E-state index in [1.165, 1.54) is 6.20 Å². The van der Waals surface area contributed by atoms with Crippen LogP contribution in [0.25, 0.3) is 0 Å². The number of aromatic amines is 2. The van der Waals surface area contributed by atoms with Crippen LogP contribution < -0.4 is 15.3 Å². The van der Waals surface area contributed by atoms with Gasteiger partial charge < -0.3 is 24.5 Å². The van der Waals surface area contributed by atoms with Crippen LogP contribution in [0.3, 0.4) is 0 Å². The molecule has 122 valence electrons. The van der Waals surface area contributed by atoms with E-state index in [2.05, 4.69) is 14.9 Å². The van der Waals surface area contributed by atoms with E-state index in [9.17, 15) is 9.59 Å². The van der Waals surface area contributed by atoms with Gasteiger partial charge in [-0.05, 0) is 19.1 Å². The summed E-state index contributed by atoms with van der Waals surface area (Å²) < 4.78 is 5.67. The number of H-pyrrole nitrogens is 2. The number of anilines is 1. The maximum Gasteiger partial charge on any atom is 0.323 e. The quantitative estimate of drug-likeness (QED) is 0.884. The first-order valence-corrected chi connectivity index (χ1v) is 7.72. The standard InChI is InChI=1S/C16H20N4O3/c1-2-23-14-6-4-3-5-13(14)19-7-9-20(10-8-19)15(21)12-11-17-16(22)18-12/h3-6,11H,2,7-10H2,1H3,(H2,17,18,22). The Morgan fingerprint density at radius 3 is 2.61 bits per heavy atom. The van der Waals surface area contributed by atoms with Crippen molar-refractivity contribution in [1.29, 1.82) is 0 Å². The molecule has 2 heterocycles. The van der Waals surface area contributed by atoms with Gasteiger partial charge in [-0.2, -0.15) is 0 Å². The van der Waals surface area contributed by atoms with Gasteiger partial charge >= 0.3 is 5.69 Å². The summed E-state index contributed by atoms with van der Waals surface area (Å²) in [5, 5.41) is 0. The summed E-state index contributed by atoms with van der Waals surface area (Å²) in [5.41, 5.74) is 0.993. The number of aromatic nitrogens is 2. The second kappa shape index (κ2) is 6.60. The molecule has 0 saturated carbocycles. The second-order valence-corrected chi connectivity index (χ2v) is 5.34. The van der Waals surface area contributed by atoms with Gasteiger partial charge in [-0.25, -0.2) is 4.79 Å². The third-order valence-corrected chi connectivity index (χ3v) is 3.90. The summed E-state index contributed by atoms with van der Waals surface area (Å²) in [6.07, 6.45) is 1.42. The van der Waals surface area contributed by atoms with Gasteiger partial charge in [0.2, 0.25) is 0 Å². The van der Waals surface area contributed by atoms with Gasteiger partial charge in [0.15, 0.2) is 0 Å². The molecule has 1 saturated heterocycles. The van der Waals surface area contributed by atoms with E-state index >= 15 is 0 Å². The van der Waals surface area contributed by atoms with Crippen LogP contribution >= 0.6 is 0 Å². The Hall–Kier alpha value is -2.70. The number of hydrogen-bond donors (Lipinski definition) is 2. The zero-order chi connectivity index (χ0) is 16.2. The molecule has 0 unspecified atom stereocenters. The molecular formula is C16H20N4O3. The van der Waals surface area contributed by atoms with Crippen molar-refractivity contribution in [1.82, 2.24) is 14.9 Å². The highest BCUT2D eigenvalue weighted by molar-refractivity contribution is 5.92. The van der Waals surface area contributed by atoms with E-state index in [0.717, 1.165) is 24.5 Å². The van der Waals surface area contributed by atoms with Gasteiger partial charge in [-0.15, -0.1) is 0 Å². The Morgan fingerprint density at radius 2 is 1.96 bits per heavy atom. The van der Waals surface area contributed by atoms with Crippen molar-refractivity contribution in [3.63, 3.8) is 0 Å². The maximum absolute atomic E-state index is 12.3. The van der Waals surface area contributed by atoms with Gasteiger partial charge in [0.25, 0.3) is 5.91 Å². The topological polar surface area (TPSA) is 81.4 Å². The third kappa shape index (κ3) is 3.23. The SMILES string of the molecule is CCOc1ccccc1N1CCN(C(=O)c2c[nH]c(=O)[nH]2)CC1. The molecule has 0 aliphatic carbocycles. The molecule has 2 N–H and O–H groups in total. The Bertz CT molecular complexity index is 729. The number of carbonyl (C=O) groups is 1. The highest BCUT2D eigenvalue weighted by atomic mass is 16.5. The minimum atomic E-state index is -0.363. The number of nitrogens with one attached hydrogen (secondary N) is 2. The Morgan fingerprint density at radius 1 is 1.22 bits per heavy atom. The van der Waals surface area contributed by atoms with Crippen molar-refractivity contribution in [2.45, 2.75) is 6.92 Å². The van der Waals surface area contributed by atoms with E-state index in [0.29, 0.717) is 25.4 Å². The van der Waals surface area contributed by atoms with Crippen LogP contribution in [-0.2, 0) is 0 Å². The first-order valence-electron chi connectivity index (χ1n) is 7.72. The molecule has 1 aliphatic rings. The lowest BCUT2D eigenvalue weighted by molar-refractivity contribution is 0.0741. The molecule has 7 nitrogen and oxygen atoms in total. The zero-order valence-corrected chi connectivity index (χ0v) is 13.0. The van der Waals surface area contributed by atoms with E-state index in [1.807, 2.05) is 31.2 Å². The number of benzene rings is 1. The molecule has 3 rings (SSSR count). The molecule has 1 aliphatic heterocycles. The highest BCUT2D eigenvalue weighted by Gasteiger charge is 2.24. The Kier molecular flexibility index (Phi) is 4.36. The van der Waals surface area contributed by atoms with Crippen LogP contribution in [0.1, 0.15) is 17.4 Å². The molecular weight excluding hydrogens is 296 g/mol. The van der Waals surface area contributed by atoms with Gasteiger partial charge in [-0.1, -0.05) is 12.1 Å². The molecule has 1 fully saturated rings. The second-order valence-electron chi connectivity index (χ2n) is 5.34. The van der Waals surface area contributed by atoms with Gasteiger partial charge in [0.05, 0.1) is 12.3 Å². The van der Waals surface area contributed by atoms with Gasteiger partial charge in [0, 0.05) is 32.4 Å². The summed E-state index contributed by atoms with van der Waals surface area (Å²) in [4.78, 5) is 32.4. The van der Waals surface area contributed by atoms with Crippen molar-refractivity contribution in [3.05, 3.63) is 46.6 Å². The van der Waals surface area contributed by atoms with E-state index < -0.39 is 0 Å². The van der Waals surface area contributed by atoms with Crippen LogP contribution in [0.4, 0.5) is 5.69 Å². The van der Waals surface area contributed by atoms with Crippen LogP contribution in [-0.4, -0.2) is 53.6 Å². The fraction of sp³-hybridized carbons (Fsp3) is 0.375. The fourth-order valence-corrected chi connectivity index (χ4v) is 2.76. The summed E-state index contributed by atoms with van der Waals surface area (Å²) in [6, 6.07) is 7.93. The van der Waals surface area contributed by atoms with Crippen molar-refractivity contribution in [2.24, 2.45) is 0 Å². The maximum atomic E-state index is 12.3. The minimum Gasteiger partial charge on any atom is -0.492 e. The van der Waals surface area contributed by atoms with E-state index in [1.54, 1.807) is 4.90 Å². The summed E-state index contributed by atoms with van der Waals surface area (Å²) in [6.45, 7) is 5.25. The molecule has 0 atom stereocenters. The lowest BCUT2D eigenvalue weighted by Crippen LogP contribution is -2.49. The van der Waals surface area contributed by atoms with E-state index in [4.69, 9.17) is 4.74 Å². The lowest BCUT2D eigenvalue weighted by atomic mass is 10.2. The molecule has 1 amide bonds. The summed E-state index contributed by atoms with van der Waals surface area (Å²) in [7, 11) is 0. The number of piperazine rings is 1. The summed E-state index contributed by atoms with van der Waals surface area (Å²) >= 11 is 0. The van der Waals surface area contributed by atoms with Crippen LogP contribution in [0.15, 0.2) is 35.3 Å². The molecule has 0 spiro atoms. The lowest BCUT2D eigenvalue weighted by Gasteiger charge is -2.36. The smallest absolute Gasteiger partial charge is 0.323 e. The van der Waals surface area contributed by atoms with Crippen molar-refractivity contribution >= 4 is 11.6 Å². The molecule has 0 bridgehead atoms. The molecule has 23 heavy (non-hydrogen) atoms. The number of amides is 1. The molecule has 7 heteroatoms. The van der Waals surface area contributed by atoms with Crippen LogP contribution in [0.5, 0.6) is 5.75 Å². The van der Waals surface area contributed by atoms with Gasteiger partial charge in [0.1, 0.15) is 11.4 Å². The first-order chi connectivity index (χ1) is 11.2. The van der Waals surface area contributed by atoms with Crippen LogP contribution in [0.2, 0.25) is 0 Å². The van der Waals surface area contributed by atoms with Gasteiger partial charge in [-0.3, -0.25) is 4.79 Å². The van der Waals surface area contributed by atoms with Crippen molar-refractivity contribution in [2.75, 3.05) is 37.7 Å². The van der Waals surface area contributed by atoms with Crippen LogP contribution in [0, 0.1) is 0 Å². The fourth-order valence-electron chi connectivity index (χ4n) is 2.76. The number of para-hydroxylation sites is 2. The number of carbonyl (C=O) groups excluding carboxylic acids is 1. The first kappa shape index (κ1) is 15.2. The third-order valence-electron chi connectivity index (χ3n) is 3.90. The Labute approximate surface area is 133 Å². The predicted octanol–water partition coefficient (Wildman–Crippen LogP) is 1.06. The monoisotopic (exact) mass is 316 g/mol. The number of nitrogens with zero attached hydrogens (tertiary/aromatic N) is 2. The molecule has 0 radical (unpaired) electrons.